The van der Waals surface area contributed by atoms with Gasteiger partial charge >= 0.3 is 29.9 Å². The summed E-state index contributed by atoms with van der Waals surface area (Å²) in [5.74, 6) is -0.163. The third kappa shape index (κ3) is 8.25. The number of rotatable bonds is 2. The van der Waals surface area contributed by atoms with Crippen LogP contribution in [0.5, 0.6) is 0 Å². The van der Waals surface area contributed by atoms with E-state index in [1.165, 1.54) is 5.56 Å². The zero-order valence-electron chi connectivity index (χ0n) is 10.5. The van der Waals surface area contributed by atoms with Crippen LogP contribution >= 0.6 is 12.4 Å². The van der Waals surface area contributed by atoms with E-state index in [1.54, 1.807) is 0 Å². The number of ether oxygens (including phenoxy) is 1. The molecule has 0 spiro atoms. The zero-order valence-corrected chi connectivity index (χ0v) is 17.2. The Morgan fingerprint density at radius 1 is 1.25 bits per heavy atom. The number of carbonyl (C=O) groups is 1. The number of hydrogen-bond donors (Lipinski definition) is 1. The van der Waals surface area contributed by atoms with Gasteiger partial charge in [0.25, 0.3) is 0 Å². The molecule has 0 saturated heterocycles. The first-order valence-electron chi connectivity index (χ1n) is 4.82. The van der Waals surface area contributed by atoms with E-state index in [9.17, 15) is 4.79 Å². The first kappa shape index (κ1) is 32.6. The van der Waals surface area contributed by atoms with Crippen LogP contribution < -0.4 is 54.9 Å². The van der Waals surface area contributed by atoms with Crippen molar-refractivity contribution in [3.05, 3.63) is 29.8 Å². The maximum atomic E-state index is 11.4. The predicted octanol–water partition coefficient (Wildman–Crippen LogP) is -10.4. The van der Waals surface area contributed by atoms with Crippen molar-refractivity contribution >= 4 is 48.0 Å². The molecule has 1 aromatic carbocycles. The minimum atomic E-state index is -0.202. The molecular formula is C11H14Cl5NO2Sn. The van der Waals surface area contributed by atoms with Gasteiger partial charge in [-0.15, -0.1) is 12.4 Å². The number of carbonyl (C=O) groups excluding carboxylic acids is 1. The summed E-state index contributed by atoms with van der Waals surface area (Å²) in [6, 6.07) is 7.75. The molecule has 1 atom stereocenters. The molecular weight excluding hydrogens is 474 g/mol. The van der Waals surface area contributed by atoms with Gasteiger partial charge in [-0.2, -0.15) is 0 Å². The molecule has 1 aliphatic heterocycles. The first-order valence-corrected chi connectivity index (χ1v) is 4.82. The Labute approximate surface area is 167 Å². The van der Waals surface area contributed by atoms with Crippen molar-refractivity contribution in [2.75, 3.05) is 11.9 Å². The first-order chi connectivity index (χ1) is 6.81. The topological polar surface area (TPSA) is 38.3 Å². The quantitative estimate of drug-likeness (QED) is 0.332. The smallest absolute Gasteiger partial charge is 1.00 e. The Kier molecular flexibility index (Phi) is 26.3. The van der Waals surface area contributed by atoms with Crippen LogP contribution in [-0.4, -0.2) is 42.5 Å². The molecule has 114 valence electrons. The number of nitrogens with one attached hydrogen (secondary N) is 1. The van der Waals surface area contributed by atoms with E-state index in [4.69, 9.17) is 4.74 Å². The van der Waals surface area contributed by atoms with Crippen molar-refractivity contribution in [1.29, 1.82) is 0 Å². The van der Waals surface area contributed by atoms with E-state index in [2.05, 4.69) is 5.32 Å². The second kappa shape index (κ2) is 16.1. The zero-order chi connectivity index (χ0) is 9.97. The maximum Gasteiger partial charge on any atom is 4.00 e. The molecule has 0 radical (unpaired) electrons. The Morgan fingerprint density at radius 2 is 1.80 bits per heavy atom. The van der Waals surface area contributed by atoms with Gasteiger partial charge in [0.1, 0.15) is 6.04 Å². The van der Waals surface area contributed by atoms with Crippen molar-refractivity contribution in [1.82, 2.24) is 0 Å². The molecule has 3 nitrogen and oxygen atoms in total. The molecule has 0 bridgehead atoms. The van der Waals surface area contributed by atoms with E-state index in [0.717, 1.165) is 12.1 Å². The SMILES string of the molecule is CCOC(=O)C1Cc2ccccc2N1.Cl.[Cl-].[Cl-].[Cl-].[Cl-].[Sn+4]. The minimum absolute atomic E-state index is 0. The van der Waals surface area contributed by atoms with Crippen LogP contribution in [0.4, 0.5) is 5.69 Å². The van der Waals surface area contributed by atoms with E-state index in [0.29, 0.717) is 6.61 Å². The summed E-state index contributed by atoms with van der Waals surface area (Å²) in [6.45, 7) is 2.26. The van der Waals surface area contributed by atoms with Crippen molar-refractivity contribution < 1.29 is 59.2 Å². The number of hydrogen-bond acceptors (Lipinski definition) is 3. The van der Waals surface area contributed by atoms with Crippen molar-refractivity contribution in [2.24, 2.45) is 0 Å². The minimum Gasteiger partial charge on any atom is -1.00 e. The predicted molar refractivity (Wildman–Crippen MR) is 67.2 cm³/mol. The standard InChI is InChI=1S/C11H13NO2.5ClH.Sn/c1-2-14-11(13)10-7-8-5-3-4-6-9(8)12-10;;;;;;/h3-6,10,12H,2,7H2,1H3;5*1H;/q;;;;;;+4/p-4. The van der Waals surface area contributed by atoms with Gasteiger partial charge in [-0.3, -0.25) is 0 Å². The molecule has 0 aromatic heterocycles. The van der Waals surface area contributed by atoms with Crippen molar-refractivity contribution in [3.63, 3.8) is 0 Å². The van der Waals surface area contributed by atoms with Gasteiger partial charge in [0.05, 0.1) is 6.61 Å². The van der Waals surface area contributed by atoms with E-state index in [-0.39, 0.29) is 98.0 Å². The number of benzene rings is 1. The van der Waals surface area contributed by atoms with Gasteiger partial charge < -0.3 is 59.7 Å². The molecule has 1 unspecified atom stereocenters. The van der Waals surface area contributed by atoms with Gasteiger partial charge in [0.15, 0.2) is 0 Å². The Bertz CT molecular complexity index is 345. The molecule has 1 aromatic rings. The van der Waals surface area contributed by atoms with E-state index in [1.807, 2.05) is 31.2 Å². The number of esters is 1. The molecule has 0 fully saturated rings. The molecule has 9 heteroatoms. The molecule has 2 rings (SSSR count). The Morgan fingerprint density at radius 3 is 2.30 bits per heavy atom. The van der Waals surface area contributed by atoms with E-state index >= 15 is 0 Å². The van der Waals surface area contributed by atoms with Crippen LogP contribution in [0.15, 0.2) is 24.3 Å². The van der Waals surface area contributed by atoms with Gasteiger partial charge in [-0.25, -0.2) is 4.79 Å². The molecule has 1 aliphatic rings. The molecule has 0 aliphatic carbocycles. The summed E-state index contributed by atoms with van der Waals surface area (Å²) in [5, 5.41) is 3.14. The third-order valence-corrected chi connectivity index (χ3v) is 2.34. The second-order valence-electron chi connectivity index (χ2n) is 3.31. The average Bonchev–Trinajstić information content (AvgIpc) is 2.61. The van der Waals surface area contributed by atoms with Gasteiger partial charge in [-0.1, -0.05) is 18.2 Å². The van der Waals surface area contributed by atoms with Crippen LogP contribution in [0, 0.1) is 0 Å². The Balaban J connectivity index is -0.000000125. The van der Waals surface area contributed by atoms with Gasteiger partial charge in [0.2, 0.25) is 0 Å². The molecule has 0 amide bonds. The number of anilines is 1. The largest absolute Gasteiger partial charge is 4.00 e. The summed E-state index contributed by atoms with van der Waals surface area (Å²) >= 11 is 0. The molecule has 20 heavy (non-hydrogen) atoms. The fourth-order valence-corrected chi connectivity index (χ4v) is 1.68. The average molecular weight is 488 g/mol. The van der Waals surface area contributed by atoms with Gasteiger partial charge in [0, 0.05) is 12.1 Å². The fourth-order valence-electron chi connectivity index (χ4n) is 1.68. The summed E-state index contributed by atoms with van der Waals surface area (Å²) in [5.41, 5.74) is 2.23. The summed E-state index contributed by atoms with van der Waals surface area (Å²) < 4.78 is 4.96. The van der Waals surface area contributed by atoms with E-state index < -0.39 is 0 Å². The summed E-state index contributed by atoms with van der Waals surface area (Å²) in [4.78, 5) is 11.4. The van der Waals surface area contributed by atoms with Crippen molar-refractivity contribution in [2.45, 2.75) is 19.4 Å². The van der Waals surface area contributed by atoms with Crippen LogP contribution in [0.3, 0.4) is 0 Å². The van der Waals surface area contributed by atoms with Gasteiger partial charge in [-0.05, 0) is 18.6 Å². The van der Waals surface area contributed by atoms with Crippen LogP contribution in [0.2, 0.25) is 0 Å². The second-order valence-corrected chi connectivity index (χ2v) is 3.31. The number of fused-ring (bicyclic) bond motifs is 1. The molecule has 1 N–H and O–H groups in total. The van der Waals surface area contributed by atoms with Crippen molar-refractivity contribution in [3.8, 4) is 0 Å². The Hall–Kier alpha value is 0.739. The van der Waals surface area contributed by atoms with Crippen LogP contribution in [0.1, 0.15) is 12.5 Å². The normalized spacial score (nSPS) is 12.9. The monoisotopic (exact) mass is 487 g/mol. The fraction of sp³-hybridized carbons (Fsp3) is 0.364. The van der Waals surface area contributed by atoms with Crippen LogP contribution in [0.25, 0.3) is 0 Å². The number of halogens is 5. The summed E-state index contributed by atoms with van der Waals surface area (Å²) in [6.07, 6.45) is 0.731. The third-order valence-electron chi connectivity index (χ3n) is 2.34. The molecule has 0 saturated carbocycles. The summed E-state index contributed by atoms with van der Waals surface area (Å²) in [7, 11) is 0. The van der Waals surface area contributed by atoms with Crippen LogP contribution in [-0.2, 0) is 16.0 Å². The molecule has 1 heterocycles. The maximum absolute atomic E-state index is 11.4. The number of para-hydroxylation sites is 1.